The predicted octanol–water partition coefficient (Wildman–Crippen LogP) is 2.77. The number of rotatable bonds is 5. The maximum absolute atomic E-state index is 12.3. The number of thioether (sulfide) groups is 1. The van der Waals surface area contributed by atoms with E-state index in [0.717, 1.165) is 24.8 Å². The second-order valence-electron chi connectivity index (χ2n) is 5.72. The first-order chi connectivity index (χ1) is 10.6. The Kier molecular flexibility index (Phi) is 6.31. The molecule has 1 aromatic carbocycles. The van der Waals surface area contributed by atoms with Gasteiger partial charge < -0.3 is 9.80 Å². The van der Waals surface area contributed by atoms with Gasteiger partial charge in [0.05, 0.1) is 6.54 Å². The standard InChI is InChI=1S/C17H24N2O2S/c1-18(12-14-7-9-15(22-2)10-8-14)17(21)13-19-11-5-3-4-6-16(19)20/h7-10H,3-6,11-13H2,1-2H3. The number of amides is 2. The molecule has 0 aromatic heterocycles. The van der Waals surface area contributed by atoms with Crippen LogP contribution in [-0.4, -0.2) is 48.0 Å². The third kappa shape index (κ3) is 4.77. The molecule has 0 saturated carbocycles. The maximum atomic E-state index is 12.3. The molecule has 0 unspecified atom stereocenters. The van der Waals surface area contributed by atoms with Gasteiger partial charge in [-0.3, -0.25) is 9.59 Å². The van der Waals surface area contributed by atoms with Gasteiger partial charge in [0, 0.05) is 31.5 Å². The van der Waals surface area contributed by atoms with E-state index in [0.29, 0.717) is 19.5 Å². The summed E-state index contributed by atoms with van der Waals surface area (Å²) in [7, 11) is 1.80. The summed E-state index contributed by atoms with van der Waals surface area (Å²) in [5, 5.41) is 0. The minimum atomic E-state index is 0.00388. The monoisotopic (exact) mass is 320 g/mol. The molecule has 22 heavy (non-hydrogen) atoms. The van der Waals surface area contributed by atoms with Crippen LogP contribution in [0.25, 0.3) is 0 Å². The number of likely N-dealkylation sites (tertiary alicyclic amines) is 1. The number of nitrogens with zero attached hydrogens (tertiary/aromatic N) is 2. The van der Waals surface area contributed by atoms with Crippen LogP contribution in [-0.2, 0) is 16.1 Å². The van der Waals surface area contributed by atoms with Gasteiger partial charge in [0.15, 0.2) is 0 Å². The van der Waals surface area contributed by atoms with E-state index in [2.05, 4.69) is 12.1 Å². The molecule has 0 N–H and O–H groups in total. The Hall–Kier alpha value is -1.49. The highest BCUT2D eigenvalue weighted by Crippen LogP contribution is 2.16. The number of carbonyl (C=O) groups excluding carboxylic acids is 2. The van der Waals surface area contributed by atoms with Crippen LogP contribution in [0.2, 0.25) is 0 Å². The summed E-state index contributed by atoms with van der Waals surface area (Å²) >= 11 is 1.70. The molecule has 1 fully saturated rings. The Morgan fingerprint density at radius 1 is 1.23 bits per heavy atom. The molecule has 1 heterocycles. The lowest BCUT2D eigenvalue weighted by Crippen LogP contribution is -2.41. The van der Waals surface area contributed by atoms with E-state index in [9.17, 15) is 9.59 Å². The van der Waals surface area contributed by atoms with Gasteiger partial charge in [0.25, 0.3) is 0 Å². The van der Waals surface area contributed by atoms with Gasteiger partial charge >= 0.3 is 0 Å². The Balaban J connectivity index is 1.89. The molecule has 0 radical (unpaired) electrons. The average Bonchev–Trinajstić information content (AvgIpc) is 2.73. The van der Waals surface area contributed by atoms with Crippen LogP contribution in [0.4, 0.5) is 0 Å². The van der Waals surface area contributed by atoms with Crippen molar-refractivity contribution in [3.63, 3.8) is 0 Å². The first-order valence-corrected chi connectivity index (χ1v) is 8.97. The first-order valence-electron chi connectivity index (χ1n) is 7.75. The van der Waals surface area contributed by atoms with Gasteiger partial charge in [-0.1, -0.05) is 18.6 Å². The Bertz CT molecular complexity index is 516. The Morgan fingerprint density at radius 2 is 1.95 bits per heavy atom. The van der Waals surface area contributed by atoms with E-state index in [1.54, 1.807) is 28.6 Å². The van der Waals surface area contributed by atoms with Gasteiger partial charge in [-0.05, 0) is 36.8 Å². The van der Waals surface area contributed by atoms with E-state index in [4.69, 9.17) is 0 Å². The van der Waals surface area contributed by atoms with E-state index < -0.39 is 0 Å². The molecule has 5 heteroatoms. The summed E-state index contributed by atoms with van der Waals surface area (Å²) in [4.78, 5) is 28.9. The van der Waals surface area contributed by atoms with Crippen molar-refractivity contribution in [2.45, 2.75) is 37.1 Å². The molecular weight excluding hydrogens is 296 g/mol. The molecule has 1 aliphatic heterocycles. The van der Waals surface area contributed by atoms with Gasteiger partial charge in [-0.2, -0.15) is 0 Å². The van der Waals surface area contributed by atoms with E-state index in [-0.39, 0.29) is 18.4 Å². The van der Waals surface area contributed by atoms with Crippen molar-refractivity contribution in [3.8, 4) is 0 Å². The summed E-state index contributed by atoms with van der Waals surface area (Å²) in [6.45, 7) is 1.49. The summed E-state index contributed by atoms with van der Waals surface area (Å²) < 4.78 is 0. The summed E-state index contributed by atoms with van der Waals surface area (Å²) in [5.74, 6) is 0.118. The van der Waals surface area contributed by atoms with Crippen LogP contribution >= 0.6 is 11.8 Å². The van der Waals surface area contributed by atoms with Crippen LogP contribution in [0.1, 0.15) is 31.2 Å². The highest BCUT2D eigenvalue weighted by molar-refractivity contribution is 7.98. The molecule has 4 nitrogen and oxygen atoms in total. The number of hydrogen-bond donors (Lipinski definition) is 0. The fourth-order valence-electron chi connectivity index (χ4n) is 2.58. The van der Waals surface area contributed by atoms with E-state index in [1.807, 2.05) is 18.4 Å². The van der Waals surface area contributed by atoms with Crippen molar-refractivity contribution < 1.29 is 9.59 Å². The topological polar surface area (TPSA) is 40.6 Å². The zero-order valence-electron chi connectivity index (χ0n) is 13.4. The minimum Gasteiger partial charge on any atom is -0.340 e. The lowest BCUT2D eigenvalue weighted by molar-refractivity contribution is -0.139. The zero-order valence-corrected chi connectivity index (χ0v) is 14.2. The van der Waals surface area contributed by atoms with Crippen molar-refractivity contribution in [1.82, 2.24) is 9.80 Å². The first kappa shape index (κ1) is 16.9. The predicted molar refractivity (Wildman–Crippen MR) is 89.7 cm³/mol. The van der Waals surface area contributed by atoms with Crippen LogP contribution in [0.5, 0.6) is 0 Å². The third-order valence-corrected chi connectivity index (χ3v) is 4.75. The molecule has 0 bridgehead atoms. The van der Waals surface area contributed by atoms with E-state index in [1.165, 1.54) is 4.90 Å². The van der Waals surface area contributed by atoms with Crippen molar-refractivity contribution >= 4 is 23.6 Å². The SMILES string of the molecule is CSc1ccc(CN(C)C(=O)CN2CCCCCC2=O)cc1. The third-order valence-electron chi connectivity index (χ3n) is 4.00. The molecule has 1 aromatic rings. The highest BCUT2D eigenvalue weighted by Gasteiger charge is 2.20. The fourth-order valence-corrected chi connectivity index (χ4v) is 2.99. The van der Waals surface area contributed by atoms with Crippen molar-refractivity contribution in [3.05, 3.63) is 29.8 Å². The lowest BCUT2D eigenvalue weighted by atomic mass is 10.2. The molecular formula is C17H24N2O2S. The largest absolute Gasteiger partial charge is 0.340 e. The Labute approximate surface area is 136 Å². The second kappa shape index (κ2) is 8.22. The van der Waals surface area contributed by atoms with Crippen LogP contribution in [0.15, 0.2) is 29.2 Å². The number of benzene rings is 1. The maximum Gasteiger partial charge on any atom is 0.242 e. The highest BCUT2D eigenvalue weighted by atomic mass is 32.2. The molecule has 0 atom stereocenters. The molecule has 120 valence electrons. The normalized spacial score (nSPS) is 15.5. The lowest BCUT2D eigenvalue weighted by Gasteiger charge is -2.24. The van der Waals surface area contributed by atoms with Crippen LogP contribution < -0.4 is 0 Å². The number of carbonyl (C=O) groups is 2. The Morgan fingerprint density at radius 3 is 2.64 bits per heavy atom. The van der Waals surface area contributed by atoms with Gasteiger partial charge in [0.1, 0.15) is 0 Å². The van der Waals surface area contributed by atoms with E-state index >= 15 is 0 Å². The van der Waals surface area contributed by atoms with Crippen LogP contribution in [0.3, 0.4) is 0 Å². The fraction of sp³-hybridized carbons (Fsp3) is 0.529. The number of likely N-dealkylation sites (N-methyl/N-ethyl adjacent to an activating group) is 1. The van der Waals surface area contributed by atoms with Gasteiger partial charge in [-0.25, -0.2) is 0 Å². The summed E-state index contributed by atoms with van der Waals surface area (Å²) in [6.07, 6.45) is 5.64. The van der Waals surface area contributed by atoms with Crippen molar-refractivity contribution in [1.29, 1.82) is 0 Å². The quantitative estimate of drug-likeness (QED) is 0.783. The molecule has 0 aliphatic carbocycles. The molecule has 0 spiro atoms. The van der Waals surface area contributed by atoms with Gasteiger partial charge in [-0.15, -0.1) is 11.8 Å². The van der Waals surface area contributed by atoms with Crippen LogP contribution in [0, 0.1) is 0 Å². The minimum absolute atomic E-state index is 0.00388. The molecule has 1 saturated heterocycles. The average molecular weight is 320 g/mol. The summed E-state index contributed by atoms with van der Waals surface area (Å²) in [5.41, 5.74) is 1.11. The smallest absolute Gasteiger partial charge is 0.242 e. The molecule has 2 amide bonds. The molecule has 1 aliphatic rings. The summed E-state index contributed by atoms with van der Waals surface area (Å²) in [6, 6.07) is 8.23. The second-order valence-corrected chi connectivity index (χ2v) is 6.60. The zero-order chi connectivity index (χ0) is 15.9. The van der Waals surface area contributed by atoms with Crippen molar-refractivity contribution in [2.75, 3.05) is 26.4 Å². The molecule has 2 rings (SSSR count). The van der Waals surface area contributed by atoms with Gasteiger partial charge in [0.2, 0.25) is 11.8 Å². The van der Waals surface area contributed by atoms with Crippen molar-refractivity contribution in [2.24, 2.45) is 0 Å². The number of hydrogen-bond acceptors (Lipinski definition) is 3.